The number of amides is 2. The van der Waals surface area contributed by atoms with Crippen molar-refractivity contribution in [3.05, 3.63) is 20.2 Å². The van der Waals surface area contributed by atoms with Crippen LogP contribution in [0.5, 0.6) is 0 Å². The van der Waals surface area contributed by atoms with Gasteiger partial charge in [-0.1, -0.05) is 39.5 Å². The molecule has 15 nitrogen and oxygen atoms in total. The molecule has 0 unspecified atom stereocenters. The maximum Gasteiger partial charge on any atom is 0.328 e. The smallest absolute Gasteiger partial charge is 0.328 e. The predicted octanol–water partition coefficient (Wildman–Crippen LogP) is 2.71. The fraction of sp³-hybridized carbons (Fsp3) is 0.826. The number of nitrogens with one attached hydrogen (secondary N) is 1. The minimum Gasteiger partial charge on any atom is -0.464 e. The molecule has 0 aromatic carbocycles. The van der Waals surface area contributed by atoms with Crippen molar-refractivity contribution in [2.24, 2.45) is 0 Å². The Morgan fingerprint density at radius 1 is 0.897 bits per heavy atom. The summed E-state index contributed by atoms with van der Waals surface area (Å²) in [5.41, 5.74) is 0. The summed E-state index contributed by atoms with van der Waals surface area (Å²) in [4.78, 5) is 78.2. The lowest BCUT2D eigenvalue weighted by Crippen LogP contribution is -2.41. The molecular weight excluding hydrogens is 540 g/mol. The fourth-order valence-corrected chi connectivity index (χ4v) is 3.83. The Morgan fingerprint density at radius 3 is 2.05 bits per heavy atom. The van der Waals surface area contributed by atoms with Gasteiger partial charge in [-0.2, -0.15) is 0 Å². The van der Waals surface area contributed by atoms with Gasteiger partial charge in [0.2, 0.25) is 16.9 Å². The van der Waals surface area contributed by atoms with E-state index in [1.54, 1.807) is 0 Å². The maximum absolute atomic E-state index is 12.5. The van der Waals surface area contributed by atoms with E-state index in [4.69, 9.17) is 4.74 Å². The molecule has 0 spiro atoms. The number of likely N-dealkylation sites (tertiary alicyclic amines) is 1. The van der Waals surface area contributed by atoms with E-state index < -0.39 is 22.2 Å². The molecule has 0 bridgehead atoms. The SMILES string of the molecule is CC.CC.O=C(CCCCO[N+](=O)[O-])NCC(=O)SCCC(=O)N1CCC[C@H]1C(=O)OCCCCO[N+](=O)[O-]. The lowest BCUT2D eigenvalue weighted by Gasteiger charge is -2.23. The van der Waals surface area contributed by atoms with Crippen LogP contribution >= 0.6 is 11.8 Å². The molecule has 1 N–H and O–H groups in total. The van der Waals surface area contributed by atoms with Gasteiger partial charge in [0.05, 0.1) is 26.4 Å². The molecule has 0 saturated carbocycles. The quantitative estimate of drug-likeness (QED) is 0.107. The first-order valence-electron chi connectivity index (χ1n) is 13.1. The van der Waals surface area contributed by atoms with E-state index in [9.17, 15) is 39.4 Å². The number of carbonyl (C=O) groups excluding carboxylic acids is 4. The van der Waals surface area contributed by atoms with E-state index in [1.165, 1.54) is 4.90 Å². The number of rotatable bonds is 18. The van der Waals surface area contributed by atoms with Crippen LogP contribution in [0.15, 0.2) is 0 Å². The van der Waals surface area contributed by atoms with Crippen molar-refractivity contribution in [3.63, 3.8) is 0 Å². The molecule has 1 atom stereocenters. The first-order chi connectivity index (χ1) is 18.7. The molecular formula is C23H42N4O11S. The minimum absolute atomic E-state index is 0.0445. The highest BCUT2D eigenvalue weighted by Gasteiger charge is 2.34. The molecule has 1 saturated heterocycles. The molecule has 0 aromatic rings. The first kappa shape index (κ1) is 38.0. The standard InChI is InChI=1S/C19H30N4O11S.2C2H6/c24-16(7-1-2-11-33-22(28)29)20-14-18(26)35-13-8-17(25)21-9-5-6-15(21)19(27)32-10-3-4-12-34-23(30)31;2*1-2/h15H,1-14H2,(H,20,24);2*1-2H3/t15-;;/m0../s1. The van der Waals surface area contributed by atoms with Crippen LogP contribution in [0.4, 0.5) is 0 Å². The number of unbranched alkanes of at least 4 members (excludes halogenated alkanes) is 2. The molecule has 0 aromatic heterocycles. The number of nitrogens with zero attached hydrogens (tertiary/aromatic N) is 3. The number of esters is 1. The Balaban J connectivity index is 0. The highest BCUT2D eigenvalue weighted by molar-refractivity contribution is 8.13. The average molecular weight is 583 g/mol. The van der Waals surface area contributed by atoms with Crippen molar-refractivity contribution in [3.8, 4) is 0 Å². The van der Waals surface area contributed by atoms with Gasteiger partial charge in [-0.05, 0) is 38.5 Å². The van der Waals surface area contributed by atoms with Crippen LogP contribution in [0.1, 0.15) is 79.1 Å². The van der Waals surface area contributed by atoms with Gasteiger partial charge < -0.3 is 24.6 Å². The molecule has 0 aliphatic carbocycles. The summed E-state index contributed by atoms with van der Waals surface area (Å²) in [7, 11) is 0. The number of thioether (sulfide) groups is 1. The minimum atomic E-state index is -0.903. The van der Waals surface area contributed by atoms with Gasteiger partial charge in [0.15, 0.2) is 0 Å². The Bertz CT molecular complexity index is 756. The summed E-state index contributed by atoms with van der Waals surface area (Å²) in [6, 6.07) is -0.687. The number of carbonyl (C=O) groups is 4. The van der Waals surface area contributed by atoms with Crippen LogP contribution in [-0.2, 0) is 33.6 Å². The normalized spacial score (nSPS) is 13.5. The molecule has 16 heteroatoms. The van der Waals surface area contributed by atoms with E-state index in [0.29, 0.717) is 45.1 Å². The Labute approximate surface area is 232 Å². The molecule has 0 radical (unpaired) electrons. The second kappa shape index (κ2) is 25.1. The van der Waals surface area contributed by atoms with Crippen molar-refractivity contribution in [2.75, 3.05) is 38.7 Å². The van der Waals surface area contributed by atoms with Crippen LogP contribution in [0.2, 0.25) is 0 Å². The molecule has 2 amide bonds. The van der Waals surface area contributed by atoms with Gasteiger partial charge in [0, 0.05) is 25.1 Å². The number of ether oxygens (including phenoxy) is 1. The van der Waals surface area contributed by atoms with Crippen LogP contribution in [-0.4, -0.2) is 82.7 Å². The summed E-state index contributed by atoms with van der Waals surface area (Å²) < 4.78 is 5.17. The molecule has 39 heavy (non-hydrogen) atoms. The molecule has 1 fully saturated rings. The second-order valence-electron chi connectivity index (χ2n) is 7.44. The van der Waals surface area contributed by atoms with Crippen molar-refractivity contribution >= 4 is 34.7 Å². The molecule has 1 heterocycles. The van der Waals surface area contributed by atoms with Crippen molar-refractivity contribution in [2.45, 2.75) is 85.1 Å². The topological polar surface area (TPSA) is 198 Å². The van der Waals surface area contributed by atoms with E-state index in [2.05, 4.69) is 15.0 Å². The Morgan fingerprint density at radius 2 is 1.46 bits per heavy atom. The van der Waals surface area contributed by atoms with Crippen LogP contribution in [0.3, 0.4) is 0 Å². The first-order valence-corrected chi connectivity index (χ1v) is 14.1. The third-order valence-electron chi connectivity index (χ3n) is 4.83. The van der Waals surface area contributed by atoms with Gasteiger partial charge in [-0.15, -0.1) is 20.2 Å². The van der Waals surface area contributed by atoms with Crippen LogP contribution < -0.4 is 5.32 Å². The zero-order chi connectivity index (χ0) is 30.1. The van der Waals surface area contributed by atoms with Gasteiger partial charge in [-0.3, -0.25) is 14.4 Å². The summed E-state index contributed by atoms with van der Waals surface area (Å²) in [5, 5.41) is 20.4. The second-order valence-corrected chi connectivity index (χ2v) is 8.59. The molecule has 1 rings (SSSR count). The third-order valence-corrected chi connectivity index (χ3v) is 5.70. The maximum atomic E-state index is 12.5. The monoisotopic (exact) mass is 582 g/mol. The number of hydrogen-bond acceptors (Lipinski definition) is 12. The van der Waals surface area contributed by atoms with Crippen LogP contribution in [0, 0.1) is 20.2 Å². The van der Waals surface area contributed by atoms with Gasteiger partial charge in [0.25, 0.3) is 10.2 Å². The van der Waals surface area contributed by atoms with E-state index in [-0.39, 0.29) is 61.9 Å². The van der Waals surface area contributed by atoms with Crippen LogP contribution in [0.25, 0.3) is 0 Å². The van der Waals surface area contributed by atoms with Gasteiger partial charge in [0.1, 0.15) is 6.04 Å². The lowest BCUT2D eigenvalue weighted by molar-refractivity contribution is -0.757. The van der Waals surface area contributed by atoms with E-state index >= 15 is 0 Å². The zero-order valence-corrected chi connectivity index (χ0v) is 24.0. The molecule has 1 aliphatic heterocycles. The zero-order valence-electron chi connectivity index (χ0n) is 23.2. The average Bonchev–Trinajstić information content (AvgIpc) is 3.41. The summed E-state index contributed by atoms with van der Waals surface area (Å²) in [6.45, 7) is 8.10. The molecule has 1 aliphatic rings. The Hall–Kier alpha value is -3.17. The van der Waals surface area contributed by atoms with Crippen molar-refractivity contribution in [1.29, 1.82) is 0 Å². The molecule has 226 valence electrons. The Kier molecular flexibility index (Phi) is 24.5. The van der Waals surface area contributed by atoms with E-state index in [0.717, 1.165) is 11.8 Å². The van der Waals surface area contributed by atoms with Crippen molar-refractivity contribution in [1.82, 2.24) is 10.2 Å². The van der Waals surface area contributed by atoms with Crippen molar-refractivity contribution < 1.29 is 43.8 Å². The number of hydrogen-bond donors (Lipinski definition) is 1. The van der Waals surface area contributed by atoms with E-state index in [1.807, 2.05) is 27.7 Å². The largest absolute Gasteiger partial charge is 0.464 e. The predicted molar refractivity (Wildman–Crippen MR) is 142 cm³/mol. The van der Waals surface area contributed by atoms with Gasteiger partial charge in [-0.25, -0.2) is 4.79 Å². The lowest BCUT2D eigenvalue weighted by atomic mass is 10.2. The van der Waals surface area contributed by atoms with Gasteiger partial charge >= 0.3 is 5.97 Å². The summed E-state index contributed by atoms with van der Waals surface area (Å²) in [5.74, 6) is -0.965. The highest BCUT2D eigenvalue weighted by atomic mass is 32.2. The summed E-state index contributed by atoms with van der Waals surface area (Å²) >= 11 is 0.902. The fourth-order valence-electron chi connectivity index (χ4n) is 3.16. The third kappa shape index (κ3) is 20.5. The summed E-state index contributed by atoms with van der Waals surface area (Å²) in [6.07, 6.45) is 2.75. The highest BCUT2D eigenvalue weighted by Crippen LogP contribution is 2.20.